The summed E-state index contributed by atoms with van der Waals surface area (Å²) < 4.78 is 1.71. The molecule has 0 fully saturated rings. The highest BCUT2D eigenvalue weighted by atomic mass is 16.4. The summed E-state index contributed by atoms with van der Waals surface area (Å²) in [4.78, 5) is 19.4. The third kappa shape index (κ3) is 2.78. The van der Waals surface area contributed by atoms with Crippen LogP contribution in [0, 0.1) is 0 Å². The second-order valence-corrected chi connectivity index (χ2v) is 5.34. The molecule has 0 spiro atoms. The molecule has 0 aliphatic rings. The van der Waals surface area contributed by atoms with Crippen molar-refractivity contribution in [3.05, 3.63) is 67.1 Å². The smallest absolute Gasteiger partial charge is 0.410 e. The molecule has 3 aromatic heterocycles. The Hall–Kier alpha value is -3.74. The maximum atomic E-state index is 10.9. The Labute approximate surface area is 142 Å². The maximum absolute atomic E-state index is 10.9. The zero-order chi connectivity index (χ0) is 17.2. The van der Waals surface area contributed by atoms with Gasteiger partial charge in [0.05, 0.1) is 5.56 Å². The summed E-state index contributed by atoms with van der Waals surface area (Å²) >= 11 is 0. The Bertz CT molecular complexity index is 1060. The first-order valence-electron chi connectivity index (χ1n) is 7.57. The molecule has 0 atom stereocenters. The molecule has 0 bridgehead atoms. The lowest BCUT2D eigenvalue weighted by Gasteiger charge is -2.05. The molecule has 4 aromatic rings. The standard InChI is InChI=1S/C18H13N5O2/c24-18(25)21-14-11-13(7-9-19-14)15-16(12-5-2-1-3-6-12)22-23-10-4-8-20-17(15)23/h1-11H,(H,19,21)(H,24,25). The zero-order valence-electron chi connectivity index (χ0n) is 13.0. The highest BCUT2D eigenvalue weighted by Gasteiger charge is 2.17. The predicted molar refractivity (Wildman–Crippen MR) is 93.3 cm³/mol. The van der Waals surface area contributed by atoms with Crippen LogP contribution in [-0.2, 0) is 0 Å². The largest absolute Gasteiger partial charge is 0.465 e. The van der Waals surface area contributed by atoms with E-state index in [9.17, 15) is 4.79 Å². The number of anilines is 1. The van der Waals surface area contributed by atoms with Gasteiger partial charge < -0.3 is 5.11 Å². The van der Waals surface area contributed by atoms with Crippen molar-refractivity contribution < 1.29 is 9.90 Å². The van der Waals surface area contributed by atoms with E-state index in [-0.39, 0.29) is 5.82 Å². The average Bonchev–Trinajstić information content (AvgIpc) is 3.02. The number of carbonyl (C=O) groups is 1. The van der Waals surface area contributed by atoms with Gasteiger partial charge >= 0.3 is 6.09 Å². The fraction of sp³-hybridized carbons (Fsp3) is 0. The van der Waals surface area contributed by atoms with Crippen LogP contribution in [0.4, 0.5) is 10.6 Å². The zero-order valence-corrected chi connectivity index (χ0v) is 13.0. The van der Waals surface area contributed by atoms with E-state index in [4.69, 9.17) is 5.11 Å². The summed E-state index contributed by atoms with van der Waals surface area (Å²) in [6.07, 6.45) is 3.93. The van der Waals surface area contributed by atoms with Crippen LogP contribution in [0.2, 0.25) is 0 Å². The third-order valence-electron chi connectivity index (χ3n) is 3.73. The summed E-state index contributed by atoms with van der Waals surface area (Å²) in [5, 5.41) is 15.8. The molecule has 7 nitrogen and oxygen atoms in total. The molecule has 0 aliphatic carbocycles. The normalized spacial score (nSPS) is 10.7. The Morgan fingerprint density at radius 3 is 2.64 bits per heavy atom. The molecule has 0 unspecified atom stereocenters. The first kappa shape index (κ1) is 14.8. The molecule has 0 saturated heterocycles. The topological polar surface area (TPSA) is 92.4 Å². The van der Waals surface area contributed by atoms with E-state index in [1.54, 1.807) is 23.0 Å². The van der Waals surface area contributed by atoms with Gasteiger partial charge in [-0.05, 0) is 23.8 Å². The summed E-state index contributed by atoms with van der Waals surface area (Å²) in [7, 11) is 0. The Morgan fingerprint density at radius 1 is 1.00 bits per heavy atom. The summed E-state index contributed by atoms with van der Waals surface area (Å²) in [5.41, 5.74) is 4.02. The van der Waals surface area contributed by atoms with Gasteiger partial charge in [-0.3, -0.25) is 5.32 Å². The summed E-state index contributed by atoms with van der Waals surface area (Å²) in [6.45, 7) is 0. The molecule has 3 heterocycles. The van der Waals surface area contributed by atoms with E-state index < -0.39 is 6.09 Å². The molecule has 0 aliphatic heterocycles. The fourth-order valence-electron chi connectivity index (χ4n) is 2.71. The van der Waals surface area contributed by atoms with Gasteiger partial charge in [-0.1, -0.05) is 30.3 Å². The van der Waals surface area contributed by atoms with Gasteiger partial charge in [0.25, 0.3) is 0 Å². The van der Waals surface area contributed by atoms with Crippen LogP contribution in [0.5, 0.6) is 0 Å². The van der Waals surface area contributed by atoms with Gasteiger partial charge in [-0.2, -0.15) is 5.10 Å². The minimum absolute atomic E-state index is 0.249. The number of pyridine rings is 1. The lowest BCUT2D eigenvalue weighted by molar-refractivity contribution is 0.209. The Kier molecular flexibility index (Phi) is 3.59. The van der Waals surface area contributed by atoms with Gasteiger partial charge in [-0.25, -0.2) is 19.3 Å². The summed E-state index contributed by atoms with van der Waals surface area (Å²) in [5.74, 6) is 0.249. The van der Waals surface area contributed by atoms with Crippen molar-refractivity contribution in [3.8, 4) is 22.4 Å². The van der Waals surface area contributed by atoms with Gasteiger partial charge in [0.1, 0.15) is 11.5 Å². The van der Waals surface area contributed by atoms with Crippen LogP contribution in [0.15, 0.2) is 67.1 Å². The lowest BCUT2D eigenvalue weighted by Crippen LogP contribution is -2.08. The van der Waals surface area contributed by atoms with E-state index in [0.717, 1.165) is 22.4 Å². The number of hydrogen-bond donors (Lipinski definition) is 2. The van der Waals surface area contributed by atoms with E-state index in [2.05, 4.69) is 20.4 Å². The Balaban J connectivity index is 1.96. The van der Waals surface area contributed by atoms with Crippen molar-refractivity contribution in [2.75, 3.05) is 5.32 Å². The van der Waals surface area contributed by atoms with Crippen molar-refractivity contribution >= 4 is 17.6 Å². The second-order valence-electron chi connectivity index (χ2n) is 5.34. The second kappa shape index (κ2) is 6.04. The lowest BCUT2D eigenvalue weighted by atomic mass is 10.0. The highest BCUT2D eigenvalue weighted by Crippen LogP contribution is 2.34. The van der Waals surface area contributed by atoms with Gasteiger partial charge in [0.15, 0.2) is 5.65 Å². The minimum atomic E-state index is -1.16. The van der Waals surface area contributed by atoms with Crippen LogP contribution in [0.3, 0.4) is 0 Å². The van der Waals surface area contributed by atoms with Crippen LogP contribution in [0.25, 0.3) is 28.0 Å². The average molecular weight is 331 g/mol. The monoisotopic (exact) mass is 331 g/mol. The van der Waals surface area contributed by atoms with Crippen LogP contribution in [-0.4, -0.2) is 30.8 Å². The third-order valence-corrected chi connectivity index (χ3v) is 3.73. The molecule has 1 aromatic carbocycles. The number of hydrogen-bond acceptors (Lipinski definition) is 4. The molecule has 0 radical (unpaired) electrons. The molecule has 7 heteroatoms. The van der Waals surface area contributed by atoms with Crippen molar-refractivity contribution in [3.63, 3.8) is 0 Å². The van der Waals surface area contributed by atoms with Gasteiger partial charge in [-0.15, -0.1) is 0 Å². The van der Waals surface area contributed by atoms with E-state index in [1.807, 2.05) is 48.7 Å². The number of aromatic nitrogens is 4. The van der Waals surface area contributed by atoms with E-state index in [1.165, 1.54) is 0 Å². The van der Waals surface area contributed by atoms with Crippen LogP contribution in [0.1, 0.15) is 0 Å². The Morgan fingerprint density at radius 2 is 1.84 bits per heavy atom. The maximum Gasteiger partial charge on any atom is 0.410 e. The number of nitrogens with one attached hydrogen (secondary N) is 1. The quantitative estimate of drug-likeness (QED) is 0.599. The molecule has 0 saturated carbocycles. The number of fused-ring (bicyclic) bond motifs is 1. The summed E-state index contributed by atoms with van der Waals surface area (Å²) in [6, 6.07) is 15.1. The van der Waals surface area contributed by atoms with Crippen molar-refractivity contribution in [2.45, 2.75) is 0 Å². The number of benzene rings is 1. The van der Waals surface area contributed by atoms with E-state index >= 15 is 0 Å². The molecule has 122 valence electrons. The molecule has 2 N–H and O–H groups in total. The first-order chi connectivity index (χ1) is 12.2. The van der Waals surface area contributed by atoms with Gasteiger partial charge in [0.2, 0.25) is 0 Å². The minimum Gasteiger partial charge on any atom is -0.465 e. The predicted octanol–water partition coefficient (Wildman–Crippen LogP) is 3.55. The number of nitrogens with zero attached hydrogens (tertiary/aromatic N) is 4. The van der Waals surface area contributed by atoms with E-state index in [0.29, 0.717) is 5.65 Å². The molecule has 25 heavy (non-hydrogen) atoms. The fourth-order valence-corrected chi connectivity index (χ4v) is 2.71. The van der Waals surface area contributed by atoms with Crippen molar-refractivity contribution in [1.29, 1.82) is 0 Å². The number of carboxylic acid groups (broad SMARTS) is 1. The van der Waals surface area contributed by atoms with Crippen molar-refractivity contribution in [1.82, 2.24) is 19.6 Å². The highest BCUT2D eigenvalue weighted by molar-refractivity contribution is 5.92. The molecular formula is C18H13N5O2. The molecule has 1 amide bonds. The first-order valence-corrected chi connectivity index (χ1v) is 7.57. The number of amides is 1. The van der Waals surface area contributed by atoms with Gasteiger partial charge in [0, 0.05) is 24.2 Å². The number of rotatable bonds is 3. The SMILES string of the molecule is O=C(O)Nc1cc(-c2c(-c3ccccc3)nn3cccnc23)ccn1. The molecular weight excluding hydrogens is 318 g/mol. The van der Waals surface area contributed by atoms with Crippen LogP contribution < -0.4 is 5.32 Å². The molecule has 4 rings (SSSR count). The van der Waals surface area contributed by atoms with Crippen LogP contribution >= 0.6 is 0 Å². The van der Waals surface area contributed by atoms with Crippen molar-refractivity contribution in [2.24, 2.45) is 0 Å².